The van der Waals surface area contributed by atoms with Crippen LogP contribution in [-0.2, 0) is 4.79 Å². The molecule has 1 saturated carbocycles. The molecule has 0 spiro atoms. The fourth-order valence-electron chi connectivity index (χ4n) is 4.54. The monoisotopic (exact) mass is 293 g/mol. The van der Waals surface area contributed by atoms with Crippen molar-refractivity contribution in [3.05, 3.63) is 0 Å². The van der Waals surface area contributed by atoms with Gasteiger partial charge >= 0.3 is 0 Å². The highest BCUT2D eigenvalue weighted by Gasteiger charge is 2.34. The summed E-state index contributed by atoms with van der Waals surface area (Å²) in [6.07, 6.45) is 11.3. The highest BCUT2D eigenvalue weighted by atomic mass is 16.2. The van der Waals surface area contributed by atoms with Gasteiger partial charge in [-0.15, -0.1) is 0 Å². The zero-order valence-electron chi connectivity index (χ0n) is 13.4. The predicted octanol–water partition coefficient (Wildman–Crippen LogP) is 1.90. The van der Waals surface area contributed by atoms with E-state index in [1.165, 1.54) is 51.5 Å². The highest BCUT2D eigenvalue weighted by Crippen LogP contribution is 2.31. The number of nitrogens with one attached hydrogen (secondary N) is 2. The zero-order chi connectivity index (χ0) is 14.7. The summed E-state index contributed by atoms with van der Waals surface area (Å²) in [5.74, 6) is 1.10. The number of hydrogen-bond donors (Lipinski definition) is 2. The molecule has 0 aromatic rings. The molecule has 4 nitrogen and oxygen atoms in total. The number of nitrogens with zero attached hydrogens (tertiary/aromatic N) is 1. The Kier molecular flexibility index (Phi) is 5.17. The van der Waals surface area contributed by atoms with Gasteiger partial charge in [-0.2, -0.15) is 0 Å². The lowest BCUT2D eigenvalue weighted by Crippen LogP contribution is -2.56. The first-order chi connectivity index (χ1) is 10.2. The summed E-state index contributed by atoms with van der Waals surface area (Å²) in [5, 5.41) is 7.69. The molecule has 2 N–H and O–H groups in total. The first-order valence-corrected chi connectivity index (χ1v) is 8.97. The quantitative estimate of drug-likeness (QED) is 0.835. The molecule has 0 bridgehead atoms. The Balaban J connectivity index is 1.57. The minimum atomic E-state index is 0.308. The molecule has 2 saturated heterocycles. The van der Waals surface area contributed by atoms with Crippen molar-refractivity contribution in [1.82, 2.24) is 15.5 Å². The summed E-state index contributed by atoms with van der Waals surface area (Å²) in [6, 6.07) is 1.88. The van der Waals surface area contributed by atoms with Crippen LogP contribution in [0.25, 0.3) is 0 Å². The molecule has 4 unspecified atom stereocenters. The predicted molar refractivity (Wildman–Crippen MR) is 85.2 cm³/mol. The number of likely N-dealkylation sites (tertiary alicyclic amines) is 1. The lowest BCUT2D eigenvalue weighted by Gasteiger charge is -2.42. The van der Waals surface area contributed by atoms with Crippen LogP contribution in [0.4, 0.5) is 0 Å². The number of carbonyl (C=O) groups is 1. The highest BCUT2D eigenvalue weighted by molar-refractivity contribution is 5.76. The van der Waals surface area contributed by atoms with Crippen LogP contribution in [0.1, 0.15) is 57.8 Å². The van der Waals surface area contributed by atoms with E-state index in [4.69, 9.17) is 0 Å². The Morgan fingerprint density at radius 1 is 1.10 bits per heavy atom. The molecule has 3 fully saturated rings. The van der Waals surface area contributed by atoms with Gasteiger partial charge in [0.2, 0.25) is 5.91 Å². The molecule has 0 aromatic heterocycles. The van der Waals surface area contributed by atoms with Crippen LogP contribution in [0.3, 0.4) is 0 Å². The number of carbonyl (C=O) groups excluding carboxylic acids is 1. The van der Waals surface area contributed by atoms with Gasteiger partial charge in [-0.05, 0) is 44.6 Å². The second-order valence-electron chi connectivity index (χ2n) is 7.29. The van der Waals surface area contributed by atoms with Gasteiger partial charge in [0.15, 0.2) is 0 Å². The maximum atomic E-state index is 11.6. The van der Waals surface area contributed by atoms with Crippen molar-refractivity contribution in [1.29, 1.82) is 0 Å². The average molecular weight is 293 g/mol. The Bertz CT molecular complexity index is 354. The van der Waals surface area contributed by atoms with Crippen molar-refractivity contribution >= 4 is 5.91 Å². The molecule has 2 heterocycles. The van der Waals surface area contributed by atoms with Crippen molar-refractivity contribution in [3.63, 3.8) is 0 Å². The Morgan fingerprint density at radius 2 is 1.90 bits per heavy atom. The van der Waals surface area contributed by atoms with Crippen LogP contribution < -0.4 is 10.6 Å². The fraction of sp³-hybridized carbons (Fsp3) is 0.941. The number of rotatable bonds is 3. The average Bonchev–Trinajstić information content (AvgIpc) is 2.52. The van der Waals surface area contributed by atoms with E-state index in [9.17, 15) is 4.79 Å². The molecule has 2 aliphatic heterocycles. The summed E-state index contributed by atoms with van der Waals surface area (Å²) in [5.41, 5.74) is 0. The summed E-state index contributed by atoms with van der Waals surface area (Å²) >= 11 is 0. The lowest BCUT2D eigenvalue weighted by molar-refractivity contribution is -0.132. The number of likely N-dealkylation sites (N-methyl/N-ethyl adjacent to an activating group) is 1. The second kappa shape index (κ2) is 7.10. The number of amides is 1. The largest absolute Gasteiger partial charge is 0.344 e. The lowest BCUT2D eigenvalue weighted by atomic mass is 9.77. The van der Waals surface area contributed by atoms with Gasteiger partial charge in [0.1, 0.15) is 0 Å². The van der Waals surface area contributed by atoms with Crippen molar-refractivity contribution in [2.24, 2.45) is 5.92 Å². The molecule has 120 valence electrons. The van der Waals surface area contributed by atoms with E-state index in [0.29, 0.717) is 24.4 Å². The zero-order valence-corrected chi connectivity index (χ0v) is 13.4. The molecular formula is C17H31N3O. The van der Waals surface area contributed by atoms with Gasteiger partial charge in [0.05, 0.1) is 0 Å². The number of piperidine rings is 2. The molecule has 1 amide bonds. The molecule has 0 aromatic carbocycles. The van der Waals surface area contributed by atoms with E-state index in [0.717, 1.165) is 24.9 Å². The van der Waals surface area contributed by atoms with Crippen LogP contribution in [-0.4, -0.2) is 49.1 Å². The first-order valence-electron chi connectivity index (χ1n) is 8.97. The van der Waals surface area contributed by atoms with Crippen molar-refractivity contribution < 1.29 is 4.79 Å². The summed E-state index contributed by atoms with van der Waals surface area (Å²) in [4.78, 5) is 13.5. The van der Waals surface area contributed by atoms with Gasteiger partial charge < -0.3 is 15.5 Å². The van der Waals surface area contributed by atoms with Gasteiger partial charge in [-0.1, -0.05) is 19.3 Å². The molecule has 1 aliphatic carbocycles. The van der Waals surface area contributed by atoms with Crippen molar-refractivity contribution in [2.75, 3.05) is 20.1 Å². The first kappa shape index (κ1) is 15.3. The molecular weight excluding hydrogens is 262 g/mol. The SMILES string of the molecule is CN1CC(NC2CCCCC2C2CCCCN2)CCC1=O. The van der Waals surface area contributed by atoms with Crippen molar-refractivity contribution in [3.8, 4) is 0 Å². The smallest absolute Gasteiger partial charge is 0.222 e. The van der Waals surface area contributed by atoms with Gasteiger partial charge in [0, 0.05) is 38.1 Å². The molecule has 3 aliphatic rings. The van der Waals surface area contributed by atoms with Crippen LogP contribution in [0.2, 0.25) is 0 Å². The molecule has 3 rings (SSSR count). The maximum Gasteiger partial charge on any atom is 0.222 e. The molecule has 0 radical (unpaired) electrons. The van der Waals surface area contributed by atoms with E-state index >= 15 is 0 Å². The van der Waals surface area contributed by atoms with E-state index in [1.54, 1.807) is 0 Å². The summed E-state index contributed by atoms with van der Waals surface area (Å²) in [6.45, 7) is 2.09. The Morgan fingerprint density at radius 3 is 2.67 bits per heavy atom. The van der Waals surface area contributed by atoms with Crippen LogP contribution >= 0.6 is 0 Å². The maximum absolute atomic E-state index is 11.6. The summed E-state index contributed by atoms with van der Waals surface area (Å²) in [7, 11) is 1.94. The third-order valence-corrected chi connectivity index (χ3v) is 5.76. The minimum Gasteiger partial charge on any atom is -0.344 e. The van der Waals surface area contributed by atoms with E-state index < -0.39 is 0 Å². The van der Waals surface area contributed by atoms with E-state index in [-0.39, 0.29) is 0 Å². The van der Waals surface area contributed by atoms with Crippen LogP contribution in [0.5, 0.6) is 0 Å². The van der Waals surface area contributed by atoms with E-state index in [2.05, 4.69) is 10.6 Å². The van der Waals surface area contributed by atoms with Gasteiger partial charge in [-0.3, -0.25) is 4.79 Å². The summed E-state index contributed by atoms with van der Waals surface area (Å²) < 4.78 is 0. The van der Waals surface area contributed by atoms with Gasteiger partial charge in [0.25, 0.3) is 0 Å². The number of hydrogen-bond acceptors (Lipinski definition) is 3. The third-order valence-electron chi connectivity index (χ3n) is 5.76. The standard InChI is InChI=1S/C17H31N3O/c1-20-12-13(9-10-17(20)21)19-16-8-3-2-6-14(16)15-7-4-5-11-18-15/h13-16,18-19H,2-12H2,1H3. The third kappa shape index (κ3) is 3.78. The van der Waals surface area contributed by atoms with Crippen LogP contribution in [0, 0.1) is 5.92 Å². The molecule has 4 heteroatoms. The molecule has 4 atom stereocenters. The Labute approximate surface area is 129 Å². The minimum absolute atomic E-state index is 0.308. The second-order valence-corrected chi connectivity index (χ2v) is 7.29. The fourth-order valence-corrected chi connectivity index (χ4v) is 4.54. The van der Waals surface area contributed by atoms with Gasteiger partial charge in [-0.25, -0.2) is 0 Å². The van der Waals surface area contributed by atoms with E-state index in [1.807, 2.05) is 11.9 Å². The molecule has 21 heavy (non-hydrogen) atoms. The Hall–Kier alpha value is -0.610. The normalized spacial score (nSPS) is 38.5. The topological polar surface area (TPSA) is 44.4 Å². The van der Waals surface area contributed by atoms with Crippen molar-refractivity contribution in [2.45, 2.75) is 75.9 Å². The van der Waals surface area contributed by atoms with Crippen LogP contribution in [0.15, 0.2) is 0 Å².